The maximum absolute atomic E-state index is 12.1. The van der Waals surface area contributed by atoms with Crippen LogP contribution in [0.1, 0.15) is 41.6 Å². The van der Waals surface area contributed by atoms with Crippen LogP contribution in [-0.4, -0.2) is 45.7 Å². The van der Waals surface area contributed by atoms with E-state index < -0.39 is 23.9 Å². The van der Waals surface area contributed by atoms with Crippen LogP contribution >= 0.6 is 11.5 Å². The van der Waals surface area contributed by atoms with Crippen molar-refractivity contribution in [1.82, 2.24) is 14.9 Å². The van der Waals surface area contributed by atoms with Gasteiger partial charge in [0.05, 0.1) is 12.8 Å². The number of aliphatic carboxylic acids is 1. The number of ether oxygens (including phenoxy) is 1. The standard InChI is InChI=1S/C12H17N3O5S/c1-3-4-7-10(21-15-14-7)11(17)13-8(12(18)19)5-6-9(16)20-2/h8H,3-6H2,1-2H3,(H,13,17)(H,18,19)/t8-/m1/s1. The lowest BCUT2D eigenvalue weighted by atomic mass is 10.1. The second-order valence-corrected chi connectivity index (χ2v) is 5.03. The third kappa shape index (κ3) is 5.10. The maximum Gasteiger partial charge on any atom is 0.326 e. The molecule has 1 rings (SSSR count). The Bertz CT molecular complexity index is 517. The SMILES string of the molecule is CCCc1nnsc1C(=O)N[C@H](CCC(=O)OC)C(=O)O. The van der Waals surface area contributed by atoms with Crippen LogP contribution in [0.2, 0.25) is 0 Å². The lowest BCUT2D eigenvalue weighted by Crippen LogP contribution is -2.41. The van der Waals surface area contributed by atoms with E-state index in [0.717, 1.165) is 18.0 Å². The lowest BCUT2D eigenvalue weighted by molar-refractivity contribution is -0.142. The highest BCUT2D eigenvalue weighted by atomic mass is 32.1. The number of amides is 1. The quantitative estimate of drug-likeness (QED) is 0.675. The molecule has 0 saturated carbocycles. The number of carboxylic acid groups (broad SMARTS) is 1. The summed E-state index contributed by atoms with van der Waals surface area (Å²) in [7, 11) is 1.22. The molecule has 0 bridgehead atoms. The average Bonchev–Trinajstić information content (AvgIpc) is 2.91. The van der Waals surface area contributed by atoms with Gasteiger partial charge >= 0.3 is 11.9 Å². The molecule has 0 saturated heterocycles. The summed E-state index contributed by atoms with van der Waals surface area (Å²) in [4.78, 5) is 34.5. The highest BCUT2D eigenvalue weighted by Gasteiger charge is 2.24. The van der Waals surface area contributed by atoms with Crippen LogP contribution in [0, 0.1) is 0 Å². The van der Waals surface area contributed by atoms with Crippen LogP contribution in [-0.2, 0) is 20.7 Å². The maximum atomic E-state index is 12.1. The minimum atomic E-state index is -1.21. The number of esters is 1. The molecule has 0 unspecified atom stereocenters. The minimum Gasteiger partial charge on any atom is -0.480 e. The Labute approximate surface area is 125 Å². The fourth-order valence-corrected chi connectivity index (χ4v) is 2.24. The van der Waals surface area contributed by atoms with Crippen LogP contribution < -0.4 is 5.32 Å². The molecule has 2 N–H and O–H groups in total. The Hall–Kier alpha value is -2.03. The third-order valence-corrected chi connectivity index (χ3v) is 3.48. The summed E-state index contributed by atoms with van der Waals surface area (Å²) in [5.74, 6) is -2.27. The lowest BCUT2D eigenvalue weighted by Gasteiger charge is -2.13. The molecule has 0 fully saturated rings. The fourth-order valence-electron chi connectivity index (χ4n) is 1.63. The molecule has 9 heteroatoms. The van der Waals surface area contributed by atoms with Crippen LogP contribution in [0.5, 0.6) is 0 Å². The van der Waals surface area contributed by atoms with E-state index in [1.807, 2.05) is 6.92 Å². The number of hydrogen-bond donors (Lipinski definition) is 2. The van der Waals surface area contributed by atoms with Gasteiger partial charge in [0.15, 0.2) is 0 Å². The van der Waals surface area contributed by atoms with Crippen LogP contribution in [0.15, 0.2) is 0 Å². The minimum absolute atomic E-state index is 0.0386. The van der Waals surface area contributed by atoms with Crippen molar-refractivity contribution in [2.45, 2.75) is 38.6 Å². The Morgan fingerprint density at radius 1 is 1.43 bits per heavy atom. The van der Waals surface area contributed by atoms with E-state index in [4.69, 9.17) is 5.11 Å². The topological polar surface area (TPSA) is 118 Å². The third-order valence-electron chi connectivity index (χ3n) is 2.72. The van der Waals surface area contributed by atoms with Crippen molar-refractivity contribution >= 4 is 29.4 Å². The zero-order chi connectivity index (χ0) is 15.8. The van der Waals surface area contributed by atoms with E-state index in [1.54, 1.807) is 0 Å². The molecule has 8 nitrogen and oxygen atoms in total. The van der Waals surface area contributed by atoms with E-state index in [-0.39, 0.29) is 12.8 Å². The first kappa shape index (κ1) is 17.0. The van der Waals surface area contributed by atoms with E-state index in [0.29, 0.717) is 17.0 Å². The summed E-state index contributed by atoms with van der Waals surface area (Å²) in [6.07, 6.45) is 1.27. The Kier molecular flexibility index (Phi) is 6.73. The van der Waals surface area contributed by atoms with Gasteiger partial charge in [0, 0.05) is 6.42 Å². The van der Waals surface area contributed by atoms with E-state index in [9.17, 15) is 14.4 Å². The molecule has 0 radical (unpaired) electrons. The highest BCUT2D eigenvalue weighted by Crippen LogP contribution is 2.13. The van der Waals surface area contributed by atoms with Crippen molar-refractivity contribution in [2.75, 3.05) is 7.11 Å². The van der Waals surface area contributed by atoms with E-state index in [1.165, 1.54) is 7.11 Å². The van der Waals surface area contributed by atoms with Gasteiger partial charge < -0.3 is 15.2 Å². The smallest absolute Gasteiger partial charge is 0.326 e. The number of nitrogens with zero attached hydrogens (tertiary/aromatic N) is 2. The second-order valence-electron chi connectivity index (χ2n) is 4.28. The van der Waals surface area contributed by atoms with Gasteiger partial charge in [0.1, 0.15) is 10.9 Å². The predicted molar refractivity (Wildman–Crippen MR) is 74.0 cm³/mol. The largest absolute Gasteiger partial charge is 0.480 e. The van der Waals surface area contributed by atoms with Crippen molar-refractivity contribution in [3.05, 3.63) is 10.6 Å². The molecule has 0 aliphatic heterocycles. The number of methoxy groups -OCH3 is 1. The van der Waals surface area contributed by atoms with Gasteiger partial charge in [-0.25, -0.2) is 4.79 Å². The Morgan fingerprint density at radius 3 is 2.71 bits per heavy atom. The molecule has 1 amide bonds. The van der Waals surface area contributed by atoms with E-state index >= 15 is 0 Å². The zero-order valence-electron chi connectivity index (χ0n) is 11.8. The average molecular weight is 315 g/mol. The summed E-state index contributed by atoms with van der Waals surface area (Å²) in [6, 6.07) is -1.16. The van der Waals surface area contributed by atoms with Gasteiger partial charge in [0.25, 0.3) is 5.91 Å². The summed E-state index contributed by atoms with van der Waals surface area (Å²) >= 11 is 0.922. The molecule has 1 atom stereocenters. The first-order chi connectivity index (χ1) is 9.99. The molecule has 1 aromatic heterocycles. The summed E-state index contributed by atoms with van der Waals surface area (Å²) in [5, 5.41) is 15.3. The molecule has 21 heavy (non-hydrogen) atoms. The van der Waals surface area contributed by atoms with Crippen molar-refractivity contribution < 1.29 is 24.2 Å². The number of carboxylic acids is 1. The monoisotopic (exact) mass is 315 g/mol. The number of aryl methyl sites for hydroxylation is 1. The molecule has 1 heterocycles. The number of nitrogens with one attached hydrogen (secondary N) is 1. The van der Waals surface area contributed by atoms with Gasteiger partial charge in [-0.1, -0.05) is 17.8 Å². The van der Waals surface area contributed by atoms with E-state index in [2.05, 4.69) is 19.6 Å². The van der Waals surface area contributed by atoms with Gasteiger partial charge in [-0.3, -0.25) is 9.59 Å². The van der Waals surface area contributed by atoms with Crippen molar-refractivity contribution in [3.63, 3.8) is 0 Å². The molecular formula is C12H17N3O5S. The zero-order valence-corrected chi connectivity index (χ0v) is 12.6. The molecule has 0 spiro atoms. The van der Waals surface area contributed by atoms with Crippen molar-refractivity contribution in [1.29, 1.82) is 0 Å². The Morgan fingerprint density at radius 2 is 2.14 bits per heavy atom. The van der Waals surface area contributed by atoms with Crippen LogP contribution in [0.25, 0.3) is 0 Å². The summed E-state index contributed by atoms with van der Waals surface area (Å²) in [5.41, 5.74) is 0.553. The molecule has 116 valence electrons. The first-order valence-electron chi connectivity index (χ1n) is 6.41. The van der Waals surface area contributed by atoms with Gasteiger partial charge in [-0.15, -0.1) is 5.10 Å². The van der Waals surface area contributed by atoms with Crippen LogP contribution in [0.4, 0.5) is 0 Å². The molecule has 0 aliphatic carbocycles. The van der Waals surface area contributed by atoms with Gasteiger partial charge in [-0.05, 0) is 24.4 Å². The second kappa shape index (κ2) is 8.30. The highest BCUT2D eigenvalue weighted by molar-refractivity contribution is 7.08. The number of carbonyl (C=O) groups excluding carboxylic acids is 2. The fraction of sp³-hybridized carbons (Fsp3) is 0.583. The van der Waals surface area contributed by atoms with Crippen molar-refractivity contribution in [3.8, 4) is 0 Å². The number of rotatable bonds is 8. The van der Waals surface area contributed by atoms with Crippen LogP contribution in [0.3, 0.4) is 0 Å². The van der Waals surface area contributed by atoms with Crippen molar-refractivity contribution in [2.24, 2.45) is 0 Å². The Balaban J connectivity index is 2.69. The molecule has 1 aromatic rings. The normalized spacial score (nSPS) is 11.7. The molecule has 0 aliphatic rings. The van der Waals surface area contributed by atoms with Gasteiger partial charge in [-0.2, -0.15) is 0 Å². The summed E-state index contributed by atoms with van der Waals surface area (Å²) in [6.45, 7) is 1.94. The first-order valence-corrected chi connectivity index (χ1v) is 7.18. The number of aromatic nitrogens is 2. The number of hydrogen-bond acceptors (Lipinski definition) is 7. The summed E-state index contributed by atoms with van der Waals surface area (Å²) < 4.78 is 8.16. The predicted octanol–water partition coefficient (Wildman–Crippen LogP) is 0.627. The molecule has 0 aromatic carbocycles. The number of carbonyl (C=O) groups is 3. The van der Waals surface area contributed by atoms with Gasteiger partial charge in [0.2, 0.25) is 0 Å². The molecular weight excluding hydrogens is 298 g/mol.